The largest absolute Gasteiger partial charge is 0.468 e. The number of benzene rings is 1. The zero-order valence-electron chi connectivity index (χ0n) is 12.8. The summed E-state index contributed by atoms with van der Waals surface area (Å²) in [6.07, 6.45) is 6.57. The molecule has 0 heterocycles. The van der Waals surface area contributed by atoms with Gasteiger partial charge in [-0.3, -0.25) is 9.00 Å². The van der Waals surface area contributed by atoms with Crippen LogP contribution in [0.2, 0.25) is 0 Å². The van der Waals surface area contributed by atoms with Gasteiger partial charge in [-0.25, -0.2) is 0 Å². The van der Waals surface area contributed by atoms with Crippen molar-refractivity contribution >= 4 is 16.8 Å². The molecule has 0 bridgehead atoms. The van der Waals surface area contributed by atoms with Crippen molar-refractivity contribution in [3.63, 3.8) is 0 Å². The summed E-state index contributed by atoms with van der Waals surface area (Å²) < 4.78 is 16.7. The van der Waals surface area contributed by atoms with Crippen molar-refractivity contribution in [3.8, 4) is 0 Å². The number of rotatable bonds is 5. The van der Waals surface area contributed by atoms with Crippen molar-refractivity contribution in [2.45, 2.75) is 50.2 Å². The number of hydrogen-bond acceptors (Lipinski definition) is 3. The minimum atomic E-state index is -1.23. The lowest BCUT2D eigenvalue weighted by Crippen LogP contribution is -2.16. The van der Waals surface area contributed by atoms with Crippen molar-refractivity contribution in [1.29, 1.82) is 0 Å². The van der Waals surface area contributed by atoms with E-state index in [4.69, 9.17) is 0 Å². The third-order valence-electron chi connectivity index (χ3n) is 4.36. The highest BCUT2D eigenvalue weighted by atomic mass is 32.2. The maximum absolute atomic E-state index is 12.1. The summed E-state index contributed by atoms with van der Waals surface area (Å²) in [4.78, 5) is 11.2. The lowest BCUT2D eigenvalue weighted by Gasteiger charge is -2.22. The van der Waals surface area contributed by atoms with Crippen LogP contribution in [-0.4, -0.2) is 23.0 Å². The molecule has 3 nitrogen and oxygen atoms in total. The van der Waals surface area contributed by atoms with Gasteiger partial charge >= 0.3 is 5.97 Å². The molecule has 2 atom stereocenters. The van der Waals surface area contributed by atoms with Crippen molar-refractivity contribution in [2.24, 2.45) is 0 Å². The highest BCUT2D eigenvalue weighted by Gasteiger charge is 2.19. The Morgan fingerprint density at radius 2 is 1.86 bits per heavy atom. The zero-order valence-corrected chi connectivity index (χ0v) is 13.7. The maximum atomic E-state index is 12.1. The summed E-state index contributed by atoms with van der Waals surface area (Å²) in [5.74, 6) is 0.227. The zero-order chi connectivity index (χ0) is 15.2. The van der Waals surface area contributed by atoms with Gasteiger partial charge in [0.25, 0.3) is 0 Å². The summed E-state index contributed by atoms with van der Waals surface area (Å²) in [5.41, 5.74) is 2.42. The standard InChI is InChI=1S/C17H24O3S/c1-13(21(19)12-17(18)20-2)14-8-10-16(11-9-14)15-6-4-3-5-7-15/h8-11,13,15H,3-7,12H2,1-2H3. The number of esters is 1. The second kappa shape index (κ2) is 7.74. The van der Waals surface area contributed by atoms with Gasteiger partial charge in [-0.2, -0.15) is 0 Å². The molecule has 4 heteroatoms. The van der Waals surface area contributed by atoms with E-state index < -0.39 is 16.8 Å². The molecule has 1 aromatic carbocycles. The smallest absolute Gasteiger partial charge is 0.318 e. The average molecular weight is 308 g/mol. The first-order chi connectivity index (χ1) is 10.1. The Bertz CT molecular complexity index is 489. The number of methoxy groups -OCH3 is 1. The summed E-state index contributed by atoms with van der Waals surface area (Å²) >= 11 is 0. The minimum Gasteiger partial charge on any atom is -0.468 e. The summed E-state index contributed by atoms with van der Waals surface area (Å²) in [5, 5.41) is -0.149. The van der Waals surface area contributed by atoms with Crippen molar-refractivity contribution in [2.75, 3.05) is 12.9 Å². The van der Waals surface area contributed by atoms with E-state index in [1.54, 1.807) is 0 Å². The van der Waals surface area contributed by atoms with Crippen LogP contribution in [0.15, 0.2) is 24.3 Å². The van der Waals surface area contributed by atoms with E-state index in [2.05, 4.69) is 29.0 Å². The fourth-order valence-corrected chi connectivity index (χ4v) is 3.99. The first kappa shape index (κ1) is 16.2. The second-order valence-corrected chi connectivity index (χ2v) is 7.50. The predicted octanol–water partition coefficient (Wildman–Crippen LogP) is 3.72. The van der Waals surface area contributed by atoms with E-state index in [0.29, 0.717) is 5.92 Å². The average Bonchev–Trinajstić information content (AvgIpc) is 2.55. The normalized spacial score (nSPS) is 19.0. The van der Waals surface area contributed by atoms with Gasteiger partial charge in [-0.1, -0.05) is 43.5 Å². The van der Waals surface area contributed by atoms with Crippen LogP contribution in [0.3, 0.4) is 0 Å². The van der Waals surface area contributed by atoms with Crippen LogP contribution in [-0.2, 0) is 20.3 Å². The van der Waals surface area contributed by atoms with Crippen LogP contribution in [0.5, 0.6) is 0 Å². The van der Waals surface area contributed by atoms with Gasteiger partial charge in [0, 0.05) is 10.8 Å². The fraction of sp³-hybridized carbons (Fsp3) is 0.588. The van der Waals surface area contributed by atoms with Gasteiger partial charge in [-0.15, -0.1) is 0 Å². The molecular formula is C17H24O3S. The van der Waals surface area contributed by atoms with Gasteiger partial charge in [0.05, 0.1) is 12.4 Å². The number of hydrogen-bond donors (Lipinski definition) is 0. The van der Waals surface area contributed by atoms with Crippen LogP contribution in [0.25, 0.3) is 0 Å². The quantitative estimate of drug-likeness (QED) is 0.779. The van der Waals surface area contributed by atoms with E-state index in [-0.39, 0.29) is 11.0 Å². The molecule has 2 unspecified atom stereocenters. The SMILES string of the molecule is COC(=O)CS(=O)C(C)c1ccc(C2CCCCC2)cc1. The molecule has 0 saturated heterocycles. The highest BCUT2D eigenvalue weighted by Crippen LogP contribution is 2.33. The van der Waals surface area contributed by atoms with Crippen LogP contribution < -0.4 is 0 Å². The number of carbonyl (C=O) groups excluding carboxylic acids is 1. The Hall–Kier alpha value is -1.16. The fourth-order valence-electron chi connectivity index (χ4n) is 2.93. The van der Waals surface area contributed by atoms with Crippen molar-refractivity contribution in [3.05, 3.63) is 35.4 Å². The van der Waals surface area contributed by atoms with Crippen LogP contribution >= 0.6 is 0 Å². The van der Waals surface area contributed by atoms with Crippen molar-refractivity contribution in [1.82, 2.24) is 0 Å². The lowest BCUT2D eigenvalue weighted by atomic mass is 9.84. The van der Waals surface area contributed by atoms with E-state index in [1.807, 2.05) is 6.92 Å². The first-order valence-corrected chi connectivity index (χ1v) is 9.04. The molecule has 1 aliphatic carbocycles. The monoisotopic (exact) mass is 308 g/mol. The molecule has 2 rings (SSSR count). The summed E-state index contributed by atoms with van der Waals surface area (Å²) in [7, 11) is 0.0910. The lowest BCUT2D eigenvalue weighted by molar-refractivity contribution is -0.137. The molecule has 21 heavy (non-hydrogen) atoms. The molecule has 0 spiro atoms. The molecule has 0 N–H and O–H groups in total. The van der Waals surface area contributed by atoms with Gasteiger partial charge in [0.2, 0.25) is 0 Å². The summed E-state index contributed by atoms with van der Waals surface area (Å²) in [6, 6.07) is 8.45. The molecule has 1 saturated carbocycles. The molecule has 1 aliphatic rings. The Kier molecular flexibility index (Phi) is 5.97. The third-order valence-corrected chi connectivity index (χ3v) is 5.95. The van der Waals surface area contributed by atoms with E-state index >= 15 is 0 Å². The van der Waals surface area contributed by atoms with Gasteiger partial charge in [0.15, 0.2) is 0 Å². The number of ether oxygens (including phenoxy) is 1. The highest BCUT2D eigenvalue weighted by molar-refractivity contribution is 7.85. The molecule has 0 aliphatic heterocycles. The Balaban J connectivity index is 2.00. The maximum Gasteiger partial charge on any atom is 0.318 e. The Morgan fingerprint density at radius 1 is 1.24 bits per heavy atom. The topological polar surface area (TPSA) is 43.4 Å². The Labute approximate surface area is 129 Å². The van der Waals surface area contributed by atoms with Gasteiger partial charge in [-0.05, 0) is 36.8 Å². The van der Waals surface area contributed by atoms with Crippen LogP contribution in [0.4, 0.5) is 0 Å². The van der Waals surface area contributed by atoms with E-state index in [9.17, 15) is 9.00 Å². The minimum absolute atomic E-state index is 0.0396. The summed E-state index contributed by atoms with van der Waals surface area (Å²) in [6.45, 7) is 1.90. The molecule has 0 aromatic heterocycles. The van der Waals surface area contributed by atoms with Gasteiger partial charge in [0.1, 0.15) is 5.75 Å². The molecule has 1 aromatic rings. The number of carbonyl (C=O) groups is 1. The van der Waals surface area contributed by atoms with Gasteiger partial charge < -0.3 is 4.74 Å². The molecule has 0 radical (unpaired) electrons. The molecule has 116 valence electrons. The van der Waals surface area contributed by atoms with E-state index in [1.165, 1.54) is 44.8 Å². The first-order valence-electron chi connectivity index (χ1n) is 7.65. The van der Waals surface area contributed by atoms with E-state index in [0.717, 1.165) is 5.56 Å². The molecule has 0 amide bonds. The molecule has 1 fully saturated rings. The van der Waals surface area contributed by atoms with Crippen LogP contribution in [0.1, 0.15) is 61.3 Å². The molecular weight excluding hydrogens is 284 g/mol. The third kappa shape index (κ3) is 4.40. The van der Waals surface area contributed by atoms with Crippen molar-refractivity contribution < 1.29 is 13.7 Å². The van der Waals surface area contributed by atoms with Crippen LogP contribution in [0, 0.1) is 0 Å². The Morgan fingerprint density at radius 3 is 2.43 bits per heavy atom. The second-order valence-electron chi connectivity index (χ2n) is 5.75. The predicted molar refractivity (Wildman–Crippen MR) is 85.7 cm³/mol.